The third-order valence-corrected chi connectivity index (χ3v) is 12.8. The van der Waals surface area contributed by atoms with Crippen LogP contribution in [-0.2, 0) is 0 Å². The molecule has 0 amide bonds. The SMILES string of the molecule is c1ccc2cc3c(cc2c1)c1ccccc1n3-c1ccc2c(oc3c4ccccc4ccc23)c1-c1nc(-c2ccc3c(c2)oc2ccccc23)nc(-c2cccc3ccccc23)n1. The standard InChI is InChI=1S/C57H32N4O2/c1-2-15-36-31-49-46(30-35(36)14-1)40-19-7-9-22-47(40)61(49)48-29-28-44-43-27-24-34-13-4-6-18-39(34)53(43)63-54(44)52(48)57-59-55(37-25-26-42-41-20-8-10-23-50(41)62-51(42)32-37)58-56(60-57)45-21-11-16-33-12-3-5-17-38(33)45/h1-32H. The van der Waals surface area contributed by atoms with Crippen molar-refractivity contribution in [3.05, 3.63) is 194 Å². The molecule has 0 aliphatic rings. The second kappa shape index (κ2) is 12.9. The lowest BCUT2D eigenvalue weighted by molar-refractivity contribution is 0.669. The molecule has 0 aliphatic heterocycles. The lowest BCUT2D eigenvalue weighted by Crippen LogP contribution is -2.04. The van der Waals surface area contributed by atoms with Gasteiger partial charge in [0.1, 0.15) is 22.3 Å². The number of aromatic nitrogens is 4. The van der Waals surface area contributed by atoms with Crippen molar-refractivity contribution in [1.29, 1.82) is 0 Å². The number of rotatable bonds is 4. The van der Waals surface area contributed by atoms with E-state index in [-0.39, 0.29) is 0 Å². The number of hydrogen-bond acceptors (Lipinski definition) is 5. The zero-order chi connectivity index (χ0) is 41.2. The lowest BCUT2D eigenvalue weighted by Gasteiger charge is -2.16. The van der Waals surface area contributed by atoms with Crippen LogP contribution in [0.3, 0.4) is 0 Å². The molecule has 0 unspecified atom stereocenters. The third-order valence-electron chi connectivity index (χ3n) is 12.8. The quantitative estimate of drug-likeness (QED) is 0.177. The molecule has 10 aromatic carbocycles. The zero-order valence-corrected chi connectivity index (χ0v) is 33.6. The average Bonchev–Trinajstić information content (AvgIpc) is 4.02. The Morgan fingerprint density at radius 1 is 0.333 bits per heavy atom. The van der Waals surface area contributed by atoms with Gasteiger partial charge in [-0.1, -0.05) is 140 Å². The molecule has 6 nitrogen and oxygen atoms in total. The first-order chi connectivity index (χ1) is 31.2. The summed E-state index contributed by atoms with van der Waals surface area (Å²) in [6.45, 7) is 0. The fourth-order valence-electron chi connectivity index (χ4n) is 9.90. The first-order valence-electron chi connectivity index (χ1n) is 21.2. The summed E-state index contributed by atoms with van der Waals surface area (Å²) in [6.07, 6.45) is 0. The van der Waals surface area contributed by atoms with Gasteiger partial charge in [0.2, 0.25) is 0 Å². The van der Waals surface area contributed by atoms with Crippen LogP contribution in [0.15, 0.2) is 203 Å². The number of fused-ring (bicyclic) bond motifs is 13. The fraction of sp³-hybridized carbons (Fsp3) is 0. The summed E-state index contributed by atoms with van der Waals surface area (Å²) in [7, 11) is 0. The van der Waals surface area contributed by atoms with Gasteiger partial charge in [-0.3, -0.25) is 0 Å². The van der Waals surface area contributed by atoms with Gasteiger partial charge in [0.05, 0.1) is 22.3 Å². The Hall–Kier alpha value is -8.61. The summed E-state index contributed by atoms with van der Waals surface area (Å²) in [6, 6.07) is 68.0. The van der Waals surface area contributed by atoms with E-state index < -0.39 is 0 Å². The number of para-hydroxylation sites is 2. The first-order valence-corrected chi connectivity index (χ1v) is 21.2. The van der Waals surface area contributed by atoms with Crippen LogP contribution in [-0.4, -0.2) is 19.5 Å². The van der Waals surface area contributed by atoms with Crippen LogP contribution < -0.4 is 0 Å². The summed E-state index contributed by atoms with van der Waals surface area (Å²) in [5, 5.41) is 13.1. The highest BCUT2D eigenvalue weighted by Crippen LogP contribution is 2.45. The van der Waals surface area contributed by atoms with Crippen LogP contribution in [0.25, 0.3) is 138 Å². The van der Waals surface area contributed by atoms with Crippen molar-refractivity contribution >= 4 is 98.0 Å². The normalized spacial score (nSPS) is 12.1. The summed E-state index contributed by atoms with van der Waals surface area (Å²) in [5.41, 5.74) is 8.71. The van der Waals surface area contributed by atoms with Gasteiger partial charge < -0.3 is 13.4 Å². The Morgan fingerprint density at radius 2 is 0.952 bits per heavy atom. The highest BCUT2D eigenvalue weighted by molar-refractivity contribution is 6.19. The van der Waals surface area contributed by atoms with Crippen LogP contribution >= 0.6 is 0 Å². The number of benzene rings is 10. The van der Waals surface area contributed by atoms with E-state index in [4.69, 9.17) is 23.8 Å². The molecule has 14 aromatic rings. The predicted molar refractivity (Wildman–Crippen MR) is 258 cm³/mol. The van der Waals surface area contributed by atoms with Gasteiger partial charge in [0.15, 0.2) is 17.5 Å². The van der Waals surface area contributed by atoms with E-state index in [1.807, 2.05) is 24.3 Å². The summed E-state index contributed by atoms with van der Waals surface area (Å²) < 4.78 is 16.0. The van der Waals surface area contributed by atoms with Crippen LogP contribution in [0.2, 0.25) is 0 Å². The zero-order valence-electron chi connectivity index (χ0n) is 33.6. The Balaban J connectivity index is 1.13. The molecule has 0 aliphatic carbocycles. The van der Waals surface area contributed by atoms with Gasteiger partial charge in [0.25, 0.3) is 0 Å². The smallest absolute Gasteiger partial charge is 0.170 e. The molecule has 0 N–H and O–H groups in total. The lowest BCUT2D eigenvalue weighted by atomic mass is 10.0. The van der Waals surface area contributed by atoms with Gasteiger partial charge in [-0.05, 0) is 81.5 Å². The summed E-state index contributed by atoms with van der Waals surface area (Å²) >= 11 is 0. The van der Waals surface area contributed by atoms with Crippen LogP contribution in [0, 0.1) is 0 Å². The van der Waals surface area contributed by atoms with Crippen molar-refractivity contribution in [3.63, 3.8) is 0 Å². The number of furan rings is 2. The molecule has 0 saturated carbocycles. The molecule has 0 saturated heterocycles. The van der Waals surface area contributed by atoms with E-state index in [1.165, 1.54) is 5.39 Å². The van der Waals surface area contributed by atoms with Crippen molar-refractivity contribution in [2.45, 2.75) is 0 Å². The molecule has 6 heteroatoms. The molecule has 4 aromatic heterocycles. The second-order valence-electron chi connectivity index (χ2n) is 16.3. The van der Waals surface area contributed by atoms with E-state index in [2.05, 4.69) is 174 Å². The monoisotopic (exact) mass is 804 g/mol. The van der Waals surface area contributed by atoms with Crippen molar-refractivity contribution in [1.82, 2.24) is 19.5 Å². The average molecular weight is 805 g/mol. The molecule has 0 fully saturated rings. The van der Waals surface area contributed by atoms with Crippen LogP contribution in [0.1, 0.15) is 0 Å². The van der Waals surface area contributed by atoms with Gasteiger partial charge in [0, 0.05) is 48.8 Å². The maximum atomic E-state index is 7.21. The molecule has 63 heavy (non-hydrogen) atoms. The van der Waals surface area contributed by atoms with Gasteiger partial charge in [-0.25, -0.2) is 15.0 Å². The Kier molecular flexibility index (Phi) is 7.02. The highest BCUT2D eigenvalue weighted by Gasteiger charge is 2.26. The molecule has 0 bridgehead atoms. The third kappa shape index (κ3) is 5.03. The molecule has 4 heterocycles. The maximum Gasteiger partial charge on any atom is 0.170 e. The molecular formula is C57H32N4O2. The Morgan fingerprint density at radius 3 is 1.83 bits per heavy atom. The summed E-state index contributed by atoms with van der Waals surface area (Å²) in [4.78, 5) is 16.3. The van der Waals surface area contributed by atoms with E-state index in [0.717, 1.165) is 109 Å². The Bertz CT molecular complexity index is 4230. The number of hydrogen-bond donors (Lipinski definition) is 0. The van der Waals surface area contributed by atoms with Gasteiger partial charge >= 0.3 is 0 Å². The van der Waals surface area contributed by atoms with Crippen molar-refractivity contribution in [2.75, 3.05) is 0 Å². The van der Waals surface area contributed by atoms with Gasteiger partial charge in [-0.15, -0.1) is 0 Å². The van der Waals surface area contributed by atoms with E-state index in [9.17, 15) is 0 Å². The molecular weight excluding hydrogens is 773 g/mol. The molecule has 0 radical (unpaired) electrons. The molecule has 0 spiro atoms. The van der Waals surface area contributed by atoms with E-state index in [0.29, 0.717) is 23.1 Å². The highest BCUT2D eigenvalue weighted by atomic mass is 16.3. The minimum Gasteiger partial charge on any atom is -0.456 e. The minimum absolute atomic E-state index is 0.503. The van der Waals surface area contributed by atoms with Crippen molar-refractivity contribution < 1.29 is 8.83 Å². The molecule has 0 atom stereocenters. The maximum absolute atomic E-state index is 7.21. The van der Waals surface area contributed by atoms with Crippen LogP contribution in [0.5, 0.6) is 0 Å². The predicted octanol–water partition coefficient (Wildman–Crippen LogP) is 15.2. The summed E-state index contributed by atoms with van der Waals surface area (Å²) in [5.74, 6) is 1.60. The van der Waals surface area contributed by atoms with Crippen molar-refractivity contribution in [2.24, 2.45) is 0 Å². The Labute approximate surface area is 358 Å². The van der Waals surface area contributed by atoms with E-state index >= 15 is 0 Å². The van der Waals surface area contributed by atoms with E-state index in [1.54, 1.807) is 0 Å². The number of nitrogens with zero attached hydrogens (tertiary/aromatic N) is 4. The molecule has 14 rings (SSSR count). The topological polar surface area (TPSA) is 69.9 Å². The van der Waals surface area contributed by atoms with Gasteiger partial charge in [-0.2, -0.15) is 0 Å². The molecule has 292 valence electrons. The van der Waals surface area contributed by atoms with Crippen molar-refractivity contribution in [3.8, 4) is 39.9 Å². The van der Waals surface area contributed by atoms with Crippen LogP contribution in [0.4, 0.5) is 0 Å². The fourth-order valence-corrected chi connectivity index (χ4v) is 9.90. The second-order valence-corrected chi connectivity index (χ2v) is 16.3. The largest absolute Gasteiger partial charge is 0.456 e. The minimum atomic E-state index is 0.503. The first kappa shape index (κ1) is 34.1.